The number of aromatic nitrogens is 1. The van der Waals surface area contributed by atoms with Crippen molar-refractivity contribution in [2.24, 2.45) is 5.92 Å². The molecule has 1 fully saturated rings. The summed E-state index contributed by atoms with van der Waals surface area (Å²) in [6.45, 7) is 13.0. The second kappa shape index (κ2) is 7.79. The van der Waals surface area contributed by atoms with Crippen LogP contribution in [0.5, 0.6) is 0 Å². The van der Waals surface area contributed by atoms with Crippen LogP contribution in [0.25, 0.3) is 0 Å². The standard InChI is InChI=1S/C17H28N4O3/c1-11(2)16(18-14(5)22)17(23)21-8-6-20(7-9-21)10-15-12(3)19-24-13(15)4/h11,16H,6-10H2,1-5H3,(H,18,22)/t16-/m1/s1. The zero-order valence-electron chi connectivity index (χ0n) is 15.3. The highest BCUT2D eigenvalue weighted by Crippen LogP contribution is 2.17. The zero-order valence-corrected chi connectivity index (χ0v) is 15.3. The van der Waals surface area contributed by atoms with Crippen molar-refractivity contribution < 1.29 is 14.1 Å². The molecule has 134 valence electrons. The van der Waals surface area contributed by atoms with E-state index in [0.717, 1.165) is 36.7 Å². The molecule has 1 aliphatic heterocycles. The number of nitrogens with one attached hydrogen (secondary N) is 1. The van der Waals surface area contributed by atoms with Gasteiger partial charge in [0.05, 0.1) is 5.69 Å². The average molecular weight is 336 g/mol. The van der Waals surface area contributed by atoms with E-state index < -0.39 is 6.04 Å². The number of hydrogen-bond donors (Lipinski definition) is 1. The molecular weight excluding hydrogens is 308 g/mol. The normalized spacial score (nSPS) is 17.2. The molecule has 0 aliphatic carbocycles. The Morgan fingerprint density at radius 2 is 1.83 bits per heavy atom. The highest BCUT2D eigenvalue weighted by molar-refractivity contribution is 5.87. The van der Waals surface area contributed by atoms with Crippen molar-refractivity contribution >= 4 is 11.8 Å². The van der Waals surface area contributed by atoms with Crippen LogP contribution in [0.4, 0.5) is 0 Å². The molecule has 2 amide bonds. The Bertz CT molecular complexity index is 569. The lowest BCUT2D eigenvalue weighted by Gasteiger charge is -2.37. The Kier molecular flexibility index (Phi) is 5.99. The predicted molar refractivity (Wildman–Crippen MR) is 90.3 cm³/mol. The molecule has 1 atom stereocenters. The second-order valence-electron chi connectivity index (χ2n) is 6.83. The van der Waals surface area contributed by atoms with Gasteiger partial charge in [-0.2, -0.15) is 0 Å². The first kappa shape index (κ1) is 18.4. The quantitative estimate of drug-likeness (QED) is 0.871. The summed E-state index contributed by atoms with van der Waals surface area (Å²) in [6.07, 6.45) is 0. The number of aryl methyl sites for hydroxylation is 2. The van der Waals surface area contributed by atoms with Gasteiger partial charge in [-0.3, -0.25) is 14.5 Å². The largest absolute Gasteiger partial charge is 0.361 e. The highest BCUT2D eigenvalue weighted by atomic mass is 16.5. The molecule has 24 heavy (non-hydrogen) atoms. The molecule has 0 unspecified atom stereocenters. The van der Waals surface area contributed by atoms with Crippen LogP contribution in [-0.2, 0) is 16.1 Å². The summed E-state index contributed by atoms with van der Waals surface area (Å²) in [4.78, 5) is 28.2. The lowest BCUT2D eigenvalue weighted by atomic mass is 10.0. The van der Waals surface area contributed by atoms with Crippen LogP contribution in [0.3, 0.4) is 0 Å². The molecule has 0 bridgehead atoms. The van der Waals surface area contributed by atoms with Gasteiger partial charge >= 0.3 is 0 Å². The third-order valence-electron chi connectivity index (χ3n) is 4.54. The minimum absolute atomic E-state index is 0.0113. The number of rotatable bonds is 5. The van der Waals surface area contributed by atoms with E-state index in [9.17, 15) is 9.59 Å². The molecule has 1 aromatic rings. The van der Waals surface area contributed by atoms with Gasteiger partial charge < -0.3 is 14.7 Å². The van der Waals surface area contributed by atoms with Crippen molar-refractivity contribution in [1.29, 1.82) is 0 Å². The number of piperazine rings is 1. The van der Waals surface area contributed by atoms with Crippen molar-refractivity contribution in [3.8, 4) is 0 Å². The van der Waals surface area contributed by atoms with Crippen LogP contribution in [0.2, 0.25) is 0 Å². The fraction of sp³-hybridized carbons (Fsp3) is 0.706. The topological polar surface area (TPSA) is 78.7 Å². The van der Waals surface area contributed by atoms with Crippen LogP contribution in [0, 0.1) is 19.8 Å². The van der Waals surface area contributed by atoms with E-state index >= 15 is 0 Å². The highest BCUT2D eigenvalue weighted by Gasteiger charge is 2.30. The van der Waals surface area contributed by atoms with E-state index in [1.165, 1.54) is 6.92 Å². The molecule has 1 N–H and O–H groups in total. The SMILES string of the molecule is CC(=O)N[C@@H](C(=O)N1CCN(Cc2c(C)noc2C)CC1)C(C)C. The first-order valence-electron chi connectivity index (χ1n) is 8.49. The smallest absolute Gasteiger partial charge is 0.245 e. The molecular formula is C17H28N4O3. The summed E-state index contributed by atoms with van der Waals surface area (Å²) >= 11 is 0. The van der Waals surface area contributed by atoms with E-state index in [-0.39, 0.29) is 17.7 Å². The number of nitrogens with zero attached hydrogens (tertiary/aromatic N) is 3. The van der Waals surface area contributed by atoms with Gasteiger partial charge in [-0.25, -0.2) is 0 Å². The summed E-state index contributed by atoms with van der Waals surface area (Å²) < 4.78 is 5.21. The van der Waals surface area contributed by atoms with E-state index in [2.05, 4.69) is 15.4 Å². The molecule has 2 rings (SSSR count). The first-order valence-corrected chi connectivity index (χ1v) is 8.49. The molecule has 1 aliphatic rings. The van der Waals surface area contributed by atoms with E-state index in [1.54, 1.807) is 0 Å². The van der Waals surface area contributed by atoms with Gasteiger partial charge in [0.15, 0.2) is 0 Å². The summed E-state index contributed by atoms with van der Waals surface area (Å²) in [5.41, 5.74) is 2.06. The summed E-state index contributed by atoms with van der Waals surface area (Å²) in [6, 6.07) is -0.448. The lowest BCUT2D eigenvalue weighted by molar-refractivity contribution is -0.138. The monoisotopic (exact) mass is 336 g/mol. The Hall–Kier alpha value is -1.89. The predicted octanol–water partition coefficient (Wildman–Crippen LogP) is 1.10. The first-order chi connectivity index (χ1) is 11.3. The number of hydrogen-bond acceptors (Lipinski definition) is 5. The van der Waals surface area contributed by atoms with Gasteiger partial charge in [0.2, 0.25) is 11.8 Å². The maximum atomic E-state index is 12.7. The Morgan fingerprint density at radius 1 is 1.21 bits per heavy atom. The van der Waals surface area contributed by atoms with E-state index in [1.807, 2.05) is 32.6 Å². The van der Waals surface area contributed by atoms with Crippen LogP contribution in [0.15, 0.2) is 4.52 Å². The molecule has 7 nitrogen and oxygen atoms in total. The van der Waals surface area contributed by atoms with Crippen molar-refractivity contribution in [3.05, 3.63) is 17.0 Å². The molecule has 0 radical (unpaired) electrons. The van der Waals surface area contributed by atoms with Crippen molar-refractivity contribution in [3.63, 3.8) is 0 Å². The van der Waals surface area contributed by atoms with Gasteiger partial charge in [-0.1, -0.05) is 19.0 Å². The third kappa shape index (κ3) is 4.35. The lowest BCUT2D eigenvalue weighted by Crippen LogP contribution is -2.56. The van der Waals surface area contributed by atoms with E-state index in [4.69, 9.17) is 4.52 Å². The minimum atomic E-state index is -0.448. The number of carbonyl (C=O) groups is 2. The molecule has 2 heterocycles. The maximum absolute atomic E-state index is 12.7. The van der Waals surface area contributed by atoms with Crippen LogP contribution < -0.4 is 5.32 Å². The number of amides is 2. The zero-order chi connectivity index (χ0) is 17.9. The molecule has 0 spiro atoms. The summed E-state index contributed by atoms with van der Waals surface area (Å²) in [5.74, 6) is 0.773. The summed E-state index contributed by atoms with van der Waals surface area (Å²) in [5, 5.41) is 6.76. The molecule has 1 saturated heterocycles. The van der Waals surface area contributed by atoms with Gasteiger partial charge in [-0.15, -0.1) is 0 Å². The molecule has 1 aromatic heterocycles. The summed E-state index contributed by atoms with van der Waals surface area (Å²) in [7, 11) is 0. The van der Waals surface area contributed by atoms with Crippen LogP contribution in [-0.4, -0.2) is 59.0 Å². The number of carbonyl (C=O) groups excluding carboxylic acids is 2. The van der Waals surface area contributed by atoms with Gasteiger partial charge in [0, 0.05) is 45.2 Å². The van der Waals surface area contributed by atoms with E-state index in [0.29, 0.717) is 13.1 Å². The van der Waals surface area contributed by atoms with Gasteiger partial charge in [0.25, 0.3) is 0 Å². The average Bonchev–Trinajstić information content (AvgIpc) is 2.84. The van der Waals surface area contributed by atoms with Gasteiger partial charge in [-0.05, 0) is 19.8 Å². The molecule has 0 saturated carbocycles. The molecule has 0 aromatic carbocycles. The Morgan fingerprint density at radius 3 is 2.29 bits per heavy atom. The fourth-order valence-electron chi connectivity index (χ4n) is 3.01. The Balaban J connectivity index is 1.91. The van der Waals surface area contributed by atoms with Crippen molar-refractivity contribution in [2.45, 2.75) is 47.2 Å². The molecule has 7 heteroatoms. The third-order valence-corrected chi connectivity index (χ3v) is 4.54. The second-order valence-corrected chi connectivity index (χ2v) is 6.83. The minimum Gasteiger partial charge on any atom is -0.361 e. The van der Waals surface area contributed by atoms with Crippen LogP contribution >= 0.6 is 0 Å². The van der Waals surface area contributed by atoms with Gasteiger partial charge in [0.1, 0.15) is 11.8 Å². The van der Waals surface area contributed by atoms with Crippen molar-refractivity contribution in [2.75, 3.05) is 26.2 Å². The maximum Gasteiger partial charge on any atom is 0.245 e. The fourth-order valence-corrected chi connectivity index (χ4v) is 3.01. The van der Waals surface area contributed by atoms with Crippen LogP contribution in [0.1, 0.15) is 37.8 Å². The Labute approximate surface area is 143 Å². The van der Waals surface area contributed by atoms with Crippen molar-refractivity contribution in [1.82, 2.24) is 20.3 Å².